The number of amides is 1. The second-order valence-electron chi connectivity index (χ2n) is 6.11. The van der Waals surface area contributed by atoms with Crippen molar-refractivity contribution in [1.29, 1.82) is 0 Å². The maximum absolute atomic E-state index is 11.2. The fourth-order valence-corrected chi connectivity index (χ4v) is 3.24. The van der Waals surface area contributed by atoms with Crippen molar-refractivity contribution in [2.24, 2.45) is 5.92 Å². The molecule has 1 saturated carbocycles. The molecular formula is C16H19NO4. The van der Waals surface area contributed by atoms with Crippen molar-refractivity contribution in [2.45, 2.75) is 37.6 Å². The van der Waals surface area contributed by atoms with Crippen LogP contribution in [-0.4, -0.2) is 39.8 Å². The maximum atomic E-state index is 11.2. The van der Waals surface area contributed by atoms with Gasteiger partial charge in [-0.3, -0.25) is 4.90 Å². The van der Waals surface area contributed by atoms with Gasteiger partial charge in [0.1, 0.15) is 6.04 Å². The lowest BCUT2D eigenvalue weighted by Gasteiger charge is -2.16. The lowest BCUT2D eigenvalue weighted by atomic mass is 9.95. The lowest BCUT2D eigenvalue weighted by molar-refractivity contribution is -0.141. The Hall–Kier alpha value is -2.04. The molecule has 0 unspecified atom stereocenters. The number of hydrogen-bond donors (Lipinski definition) is 2. The van der Waals surface area contributed by atoms with Gasteiger partial charge >= 0.3 is 12.1 Å². The second kappa shape index (κ2) is 5.39. The van der Waals surface area contributed by atoms with Gasteiger partial charge in [-0.05, 0) is 48.6 Å². The zero-order valence-electron chi connectivity index (χ0n) is 11.7. The van der Waals surface area contributed by atoms with E-state index in [2.05, 4.69) is 12.1 Å². The van der Waals surface area contributed by atoms with Gasteiger partial charge in [-0.1, -0.05) is 24.3 Å². The monoisotopic (exact) mass is 289 g/mol. The minimum absolute atomic E-state index is 0.0802. The van der Waals surface area contributed by atoms with Crippen molar-refractivity contribution < 1.29 is 19.8 Å². The minimum Gasteiger partial charge on any atom is -0.480 e. The van der Waals surface area contributed by atoms with E-state index in [1.54, 1.807) is 0 Å². The molecule has 1 aliphatic heterocycles. The van der Waals surface area contributed by atoms with Crippen LogP contribution >= 0.6 is 0 Å². The van der Waals surface area contributed by atoms with Gasteiger partial charge < -0.3 is 10.2 Å². The highest BCUT2D eigenvalue weighted by Gasteiger charge is 2.39. The summed E-state index contributed by atoms with van der Waals surface area (Å²) < 4.78 is 0. The Balaban J connectivity index is 1.69. The summed E-state index contributed by atoms with van der Waals surface area (Å²) in [6.07, 6.45) is 2.50. The van der Waals surface area contributed by atoms with E-state index in [0.29, 0.717) is 18.9 Å². The third kappa shape index (κ3) is 3.01. The highest BCUT2D eigenvalue weighted by molar-refractivity contribution is 5.80. The van der Waals surface area contributed by atoms with E-state index < -0.39 is 18.1 Å². The van der Waals surface area contributed by atoms with Gasteiger partial charge in [-0.25, -0.2) is 9.59 Å². The molecule has 1 aromatic rings. The van der Waals surface area contributed by atoms with Gasteiger partial charge in [-0.15, -0.1) is 0 Å². The van der Waals surface area contributed by atoms with Crippen LogP contribution in [0.15, 0.2) is 24.3 Å². The molecule has 0 aromatic heterocycles. The molecule has 5 nitrogen and oxygen atoms in total. The molecule has 21 heavy (non-hydrogen) atoms. The summed E-state index contributed by atoms with van der Waals surface area (Å²) >= 11 is 0. The third-order valence-electron chi connectivity index (χ3n) is 4.44. The van der Waals surface area contributed by atoms with Crippen LogP contribution in [0.3, 0.4) is 0 Å². The van der Waals surface area contributed by atoms with Crippen LogP contribution in [0.2, 0.25) is 0 Å². The Morgan fingerprint density at radius 3 is 2.57 bits per heavy atom. The van der Waals surface area contributed by atoms with E-state index in [0.717, 1.165) is 11.3 Å². The molecule has 2 N–H and O–H groups in total. The molecule has 0 spiro atoms. The molecule has 0 radical (unpaired) electrons. The number of rotatable bonds is 4. The summed E-state index contributed by atoms with van der Waals surface area (Å²) in [7, 11) is 0. The Labute approximate surface area is 123 Å². The van der Waals surface area contributed by atoms with Gasteiger partial charge in [0.15, 0.2) is 0 Å². The zero-order chi connectivity index (χ0) is 15.0. The third-order valence-corrected chi connectivity index (χ3v) is 4.44. The topological polar surface area (TPSA) is 77.8 Å². The predicted octanol–water partition coefficient (Wildman–Crippen LogP) is 2.56. The highest BCUT2D eigenvalue weighted by atomic mass is 16.4. The molecule has 1 saturated heterocycles. The molecule has 1 amide bonds. The van der Waals surface area contributed by atoms with Gasteiger partial charge in [0.05, 0.1) is 0 Å². The van der Waals surface area contributed by atoms with E-state index >= 15 is 0 Å². The molecule has 2 fully saturated rings. The Bertz CT molecular complexity index is 545. The molecular weight excluding hydrogens is 270 g/mol. The van der Waals surface area contributed by atoms with Crippen LogP contribution in [0.5, 0.6) is 0 Å². The fraction of sp³-hybridized carbons (Fsp3) is 0.500. The Kier molecular flexibility index (Phi) is 3.57. The molecule has 1 heterocycles. The number of aliphatic carboxylic acids is 1. The Morgan fingerprint density at radius 2 is 2.00 bits per heavy atom. The first kappa shape index (κ1) is 13.9. The maximum Gasteiger partial charge on any atom is 0.408 e. The van der Waals surface area contributed by atoms with Crippen molar-refractivity contribution in [1.82, 2.24) is 4.90 Å². The summed E-state index contributed by atoms with van der Waals surface area (Å²) in [5.74, 6) is -0.279. The summed E-state index contributed by atoms with van der Waals surface area (Å²) in [5, 5.41) is 18.2. The van der Waals surface area contributed by atoms with Crippen molar-refractivity contribution in [3.8, 4) is 0 Å². The molecule has 112 valence electrons. The van der Waals surface area contributed by atoms with Gasteiger partial charge in [0.25, 0.3) is 0 Å². The fourth-order valence-electron chi connectivity index (χ4n) is 3.24. The van der Waals surface area contributed by atoms with Crippen LogP contribution in [0.25, 0.3) is 0 Å². The molecule has 5 heteroatoms. The smallest absolute Gasteiger partial charge is 0.408 e. The van der Waals surface area contributed by atoms with E-state index in [4.69, 9.17) is 10.2 Å². The number of benzene rings is 1. The number of hydrogen-bond acceptors (Lipinski definition) is 2. The average molecular weight is 289 g/mol. The zero-order valence-corrected chi connectivity index (χ0v) is 11.7. The van der Waals surface area contributed by atoms with E-state index in [9.17, 15) is 9.59 Å². The van der Waals surface area contributed by atoms with E-state index in [1.165, 1.54) is 24.0 Å². The standard InChI is InChI=1S/C16H19NO4/c18-15(19)14-8-11(9-17(14)16(20)21)6-10-2-1-3-13(7-10)12-4-5-12/h1-3,7,11-12,14H,4-6,8-9H2,(H,18,19)(H,20,21)/t11-,14+/m0/s1. The highest BCUT2D eigenvalue weighted by Crippen LogP contribution is 2.40. The molecule has 1 aliphatic carbocycles. The molecule has 1 aromatic carbocycles. The predicted molar refractivity (Wildman–Crippen MR) is 76.4 cm³/mol. The summed E-state index contributed by atoms with van der Waals surface area (Å²) in [5.41, 5.74) is 2.54. The van der Waals surface area contributed by atoms with Crippen LogP contribution < -0.4 is 0 Å². The van der Waals surface area contributed by atoms with Crippen molar-refractivity contribution >= 4 is 12.1 Å². The SMILES string of the molecule is O=C(O)[C@H]1C[C@H](Cc2cccc(C3CC3)c2)CN1C(=O)O. The average Bonchev–Trinajstić information content (AvgIpc) is 3.20. The van der Waals surface area contributed by atoms with Crippen molar-refractivity contribution in [2.75, 3.05) is 6.54 Å². The van der Waals surface area contributed by atoms with Crippen LogP contribution in [0.1, 0.15) is 36.3 Å². The van der Waals surface area contributed by atoms with Crippen LogP contribution in [-0.2, 0) is 11.2 Å². The van der Waals surface area contributed by atoms with Crippen LogP contribution in [0.4, 0.5) is 4.79 Å². The first-order valence-electron chi connectivity index (χ1n) is 7.36. The van der Waals surface area contributed by atoms with E-state index in [-0.39, 0.29) is 5.92 Å². The quantitative estimate of drug-likeness (QED) is 0.893. The normalized spacial score (nSPS) is 25.0. The second-order valence-corrected chi connectivity index (χ2v) is 6.11. The molecule has 0 bridgehead atoms. The lowest BCUT2D eigenvalue weighted by Crippen LogP contribution is -2.39. The summed E-state index contributed by atoms with van der Waals surface area (Å²) in [6, 6.07) is 7.52. The van der Waals surface area contributed by atoms with Crippen molar-refractivity contribution in [3.63, 3.8) is 0 Å². The minimum atomic E-state index is -1.14. The number of carbonyl (C=O) groups is 2. The first-order chi connectivity index (χ1) is 10.0. The van der Waals surface area contributed by atoms with Gasteiger partial charge in [0, 0.05) is 6.54 Å². The van der Waals surface area contributed by atoms with E-state index in [1.807, 2.05) is 12.1 Å². The summed E-state index contributed by atoms with van der Waals surface area (Å²) in [6.45, 7) is 0.306. The molecule has 2 atom stereocenters. The summed E-state index contributed by atoms with van der Waals surface area (Å²) in [4.78, 5) is 23.3. The number of nitrogens with zero attached hydrogens (tertiary/aromatic N) is 1. The first-order valence-corrected chi connectivity index (χ1v) is 7.36. The number of carboxylic acid groups (broad SMARTS) is 2. The largest absolute Gasteiger partial charge is 0.480 e. The van der Waals surface area contributed by atoms with Gasteiger partial charge in [-0.2, -0.15) is 0 Å². The molecule has 2 aliphatic rings. The molecule has 3 rings (SSSR count). The van der Waals surface area contributed by atoms with Crippen molar-refractivity contribution in [3.05, 3.63) is 35.4 Å². The van der Waals surface area contributed by atoms with Crippen LogP contribution in [0, 0.1) is 5.92 Å². The number of likely N-dealkylation sites (tertiary alicyclic amines) is 1. The van der Waals surface area contributed by atoms with Gasteiger partial charge in [0.2, 0.25) is 0 Å². The number of carboxylic acids is 1. The Morgan fingerprint density at radius 1 is 1.24 bits per heavy atom.